The van der Waals surface area contributed by atoms with Gasteiger partial charge in [-0.1, -0.05) is 6.07 Å². The summed E-state index contributed by atoms with van der Waals surface area (Å²) >= 11 is 0. The van der Waals surface area contributed by atoms with Crippen LogP contribution in [0.3, 0.4) is 0 Å². The molecule has 8 nitrogen and oxygen atoms in total. The summed E-state index contributed by atoms with van der Waals surface area (Å²) in [5, 5.41) is 19.9. The fourth-order valence-corrected chi connectivity index (χ4v) is 1.86. The standard InChI is InChI=1S/C12H18N4O4/c1-2-15(7-4-8-17)12(18)9-5-3-6-10(14-13)11(9)16(19)20/h3,5-6,14,17H,2,4,7-8,13H2,1H3. The molecule has 110 valence electrons. The minimum atomic E-state index is -0.637. The highest BCUT2D eigenvalue weighted by molar-refractivity contribution is 6.00. The Bertz CT molecular complexity index is 492. The van der Waals surface area contributed by atoms with Crippen molar-refractivity contribution < 1.29 is 14.8 Å². The molecule has 0 fully saturated rings. The van der Waals surface area contributed by atoms with Gasteiger partial charge in [0.2, 0.25) is 0 Å². The minimum Gasteiger partial charge on any atom is -0.396 e. The molecule has 0 heterocycles. The number of rotatable bonds is 7. The van der Waals surface area contributed by atoms with Crippen molar-refractivity contribution in [2.24, 2.45) is 5.84 Å². The Balaban J connectivity index is 3.17. The molecule has 0 aliphatic rings. The molecule has 1 aromatic carbocycles. The Kier molecular flexibility index (Phi) is 5.88. The van der Waals surface area contributed by atoms with Crippen LogP contribution in [0.4, 0.5) is 11.4 Å². The normalized spacial score (nSPS) is 10.2. The molecule has 0 radical (unpaired) electrons. The third kappa shape index (κ3) is 3.43. The molecule has 0 aliphatic heterocycles. The van der Waals surface area contributed by atoms with Gasteiger partial charge < -0.3 is 15.4 Å². The van der Waals surface area contributed by atoms with Crippen LogP contribution in [0.15, 0.2) is 18.2 Å². The minimum absolute atomic E-state index is 0.0229. The molecule has 20 heavy (non-hydrogen) atoms. The van der Waals surface area contributed by atoms with E-state index in [-0.39, 0.29) is 23.5 Å². The number of hydrogen-bond donors (Lipinski definition) is 3. The summed E-state index contributed by atoms with van der Waals surface area (Å²) in [4.78, 5) is 24.3. The zero-order valence-corrected chi connectivity index (χ0v) is 11.2. The van der Waals surface area contributed by atoms with Crippen LogP contribution in [0, 0.1) is 10.1 Å². The smallest absolute Gasteiger partial charge is 0.306 e. The van der Waals surface area contributed by atoms with Crippen molar-refractivity contribution in [3.8, 4) is 0 Å². The zero-order chi connectivity index (χ0) is 15.1. The number of carbonyl (C=O) groups is 1. The van der Waals surface area contributed by atoms with E-state index in [2.05, 4.69) is 5.43 Å². The number of nitrogens with two attached hydrogens (primary N) is 1. The number of nitrogens with zero attached hydrogens (tertiary/aromatic N) is 2. The first-order valence-corrected chi connectivity index (χ1v) is 6.20. The Morgan fingerprint density at radius 3 is 2.75 bits per heavy atom. The number of nitrogens with one attached hydrogen (secondary N) is 1. The molecule has 0 spiro atoms. The molecule has 0 bridgehead atoms. The molecular formula is C12H18N4O4. The van der Waals surface area contributed by atoms with Gasteiger partial charge in [-0.2, -0.15) is 0 Å². The molecule has 8 heteroatoms. The highest BCUT2D eigenvalue weighted by Crippen LogP contribution is 2.28. The molecule has 0 saturated heterocycles. The average Bonchev–Trinajstić information content (AvgIpc) is 2.46. The summed E-state index contributed by atoms with van der Waals surface area (Å²) in [6.45, 7) is 2.46. The second kappa shape index (κ2) is 7.41. The lowest BCUT2D eigenvalue weighted by atomic mass is 10.1. The number of aliphatic hydroxyl groups excluding tert-OH is 1. The lowest BCUT2D eigenvalue weighted by Crippen LogP contribution is -2.32. The van der Waals surface area contributed by atoms with E-state index in [1.54, 1.807) is 6.92 Å². The highest BCUT2D eigenvalue weighted by atomic mass is 16.6. The van der Waals surface area contributed by atoms with Gasteiger partial charge in [-0.05, 0) is 25.5 Å². The molecule has 1 rings (SSSR count). The van der Waals surface area contributed by atoms with Crippen LogP contribution < -0.4 is 11.3 Å². The fraction of sp³-hybridized carbons (Fsp3) is 0.417. The van der Waals surface area contributed by atoms with E-state index < -0.39 is 10.8 Å². The number of benzene rings is 1. The van der Waals surface area contributed by atoms with E-state index in [1.165, 1.54) is 23.1 Å². The van der Waals surface area contributed by atoms with Crippen molar-refractivity contribution in [1.29, 1.82) is 0 Å². The number of nitro benzene ring substituents is 1. The van der Waals surface area contributed by atoms with Crippen LogP contribution >= 0.6 is 0 Å². The maximum absolute atomic E-state index is 12.3. The molecule has 0 aromatic heterocycles. The number of nitro groups is 1. The van der Waals surface area contributed by atoms with Crippen molar-refractivity contribution in [2.75, 3.05) is 25.1 Å². The average molecular weight is 282 g/mol. The van der Waals surface area contributed by atoms with Crippen LogP contribution in [-0.2, 0) is 0 Å². The van der Waals surface area contributed by atoms with Crippen LogP contribution in [0.2, 0.25) is 0 Å². The van der Waals surface area contributed by atoms with E-state index in [0.717, 1.165) is 0 Å². The maximum Gasteiger partial charge on any atom is 0.306 e. The van der Waals surface area contributed by atoms with Gasteiger partial charge in [-0.25, -0.2) is 0 Å². The quantitative estimate of drug-likeness (QED) is 0.385. The number of aliphatic hydroxyl groups is 1. The van der Waals surface area contributed by atoms with Gasteiger partial charge in [-0.3, -0.25) is 20.8 Å². The molecule has 0 unspecified atom stereocenters. The van der Waals surface area contributed by atoms with E-state index in [9.17, 15) is 14.9 Å². The number of hydrogen-bond acceptors (Lipinski definition) is 6. The molecule has 1 amide bonds. The van der Waals surface area contributed by atoms with Crippen molar-refractivity contribution in [1.82, 2.24) is 4.90 Å². The number of carbonyl (C=O) groups excluding carboxylic acids is 1. The third-order valence-corrected chi connectivity index (χ3v) is 2.86. The molecule has 0 aliphatic carbocycles. The van der Waals surface area contributed by atoms with Gasteiger partial charge >= 0.3 is 5.69 Å². The van der Waals surface area contributed by atoms with Crippen molar-refractivity contribution >= 4 is 17.3 Å². The monoisotopic (exact) mass is 282 g/mol. The van der Waals surface area contributed by atoms with Gasteiger partial charge in [0, 0.05) is 19.7 Å². The summed E-state index contributed by atoms with van der Waals surface area (Å²) in [5.74, 6) is 4.78. The van der Waals surface area contributed by atoms with Crippen LogP contribution in [0.1, 0.15) is 23.7 Å². The number of anilines is 1. The van der Waals surface area contributed by atoms with Gasteiger partial charge in [0.1, 0.15) is 11.3 Å². The highest BCUT2D eigenvalue weighted by Gasteiger charge is 2.26. The largest absolute Gasteiger partial charge is 0.396 e. The number of amides is 1. The Morgan fingerprint density at radius 1 is 1.55 bits per heavy atom. The van der Waals surface area contributed by atoms with Gasteiger partial charge in [0.25, 0.3) is 5.91 Å². The van der Waals surface area contributed by atoms with Crippen LogP contribution in [-0.4, -0.2) is 40.5 Å². The first kappa shape index (κ1) is 15.9. The summed E-state index contributed by atoms with van der Waals surface area (Å²) in [6, 6.07) is 4.34. The van der Waals surface area contributed by atoms with Crippen LogP contribution in [0.25, 0.3) is 0 Å². The lowest BCUT2D eigenvalue weighted by molar-refractivity contribution is -0.384. The third-order valence-electron chi connectivity index (χ3n) is 2.86. The Labute approximate surface area is 116 Å². The molecular weight excluding hydrogens is 264 g/mol. The lowest BCUT2D eigenvalue weighted by Gasteiger charge is -2.20. The van der Waals surface area contributed by atoms with Crippen molar-refractivity contribution in [3.05, 3.63) is 33.9 Å². The SMILES string of the molecule is CCN(CCCO)C(=O)c1cccc(NN)c1[N+](=O)[O-]. The summed E-state index contributed by atoms with van der Waals surface area (Å²) in [5.41, 5.74) is 1.93. The molecule has 0 saturated carbocycles. The molecule has 0 atom stereocenters. The summed E-state index contributed by atoms with van der Waals surface area (Å²) in [7, 11) is 0. The predicted octanol–water partition coefficient (Wildman–Crippen LogP) is 0.725. The van der Waals surface area contributed by atoms with Crippen molar-refractivity contribution in [3.63, 3.8) is 0 Å². The Morgan fingerprint density at radius 2 is 2.25 bits per heavy atom. The molecule has 1 aromatic rings. The zero-order valence-electron chi connectivity index (χ0n) is 11.2. The van der Waals surface area contributed by atoms with E-state index in [0.29, 0.717) is 19.5 Å². The fourth-order valence-electron chi connectivity index (χ4n) is 1.86. The first-order valence-electron chi connectivity index (χ1n) is 6.20. The summed E-state index contributed by atoms with van der Waals surface area (Å²) < 4.78 is 0. The number of hydrazine groups is 1. The number of nitrogen functional groups attached to an aromatic ring is 1. The predicted molar refractivity (Wildman–Crippen MR) is 74.2 cm³/mol. The maximum atomic E-state index is 12.3. The topological polar surface area (TPSA) is 122 Å². The van der Waals surface area contributed by atoms with E-state index >= 15 is 0 Å². The van der Waals surface area contributed by atoms with Gasteiger partial charge in [0.05, 0.1) is 4.92 Å². The van der Waals surface area contributed by atoms with Gasteiger partial charge in [0.15, 0.2) is 0 Å². The van der Waals surface area contributed by atoms with E-state index in [1.807, 2.05) is 0 Å². The summed E-state index contributed by atoms with van der Waals surface area (Å²) in [6.07, 6.45) is 0.419. The van der Waals surface area contributed by atoms with E-state index in [4.69, 9.17) is 10.9 Å². The Hall–Kier alpha value is -2.19. The molecule has 4 N–H and O–H groups in total. The van der Waals surface area contributed by atoms with Crippen molar-refractivity contribution in [2.45, 2.75) is 13.3 Å². The number of para-hydroxylation sites is 1. The first-order chi connectivity index (χ1) is 9.56. The second-order valence-corrected chi connectivity index (χ2v) is 4.07. The van der Waals surface area contributed by atoms with Gasteiger partial charge in [-0.15, -0.1) is 0 Å². The second-order valence-electron chi connectivity index (χ2n) is 4.07. The van der Waals surface area contributed by atoms with Crippen LogP contribution in [0.5, 0.6) is 0 Å².